The molecular formula is C26H19FN2O3. The predicted molar refractivity (Wildman–Crippen MR) is 120 cm³/mol. The molecule has 0 saturated heterocycles. The number of hydrogen-bond donors (Lipinski definition) is 2. The minimum absolute atomic E-state index is 0.0898. The molecule has 2 N–H and O–H groups in total. The van der Waals surface area contributed by atoms with Crippen molar-refractivity contribution in [2.45, 2.75) is 5.72 Å². The number of para-hydroxylation sites is 1. The lowest BCUT2D eigenvalue weighted by atomic mass is 9.90. The number of nitrogens with one attached hydrogen (secondary N) is 2. The number of benzene rings is 4. The number of esters is 1. The largest absolute Gasteiger partial charge is 0.426 e. The molecule has 1 unspecified atom stereocenters. The maximum atomic E-state index is 15.2. The normalized spacial score (nSPS) is 17.0. The average Bonchev–Trinajstić information content (AvgIpc) is 3.12. The van der Waals surface area contributed by atoms with Crippen LogP contribution in [0.2, 0.25) is 0 Å². The predicted octanol–water partition coefficient (Wildman–Crippen LogP) is 4.82. The summed E-state index contributed by atoms with van der Waals surface area (Å²) in [5, 5.41) is 7.71. The van der Waals surface area contributed by atoms with E-state index < -0.39 is 17.5 Å². The van der Waals surface area contributed by atoms with Crippen LogP contribution >= 0.6 is 0 Å². The van der Waals surface area contributed by atoms with Crippen LogP contribution < -0.4 is 10.6 Å². The van der Waals surface area contributed by atoms with Crippen molar-refractivity contribution in [2.24, 2.45) is 0 Å². The lowest BCUT2D eigenvalue weighted by Gasteiger charge is -2.32. The Morgan fingerprint density at radius 3 is 2.47 bits per heavy atom. The van der Waals surface area contributed by atoms with Gasteiger partial charge in [-0.25, -0.2) is 9.18 Å². The third-order valence-electron chi connectivity index (χ3n) is 5.70. The molecule has 0 aliphatic carbocycles. The number of anilines is 1. The zero-order valence-corrected chi connectivity index (χ0v) is 17.2. The number of ether oxygens (including phenoxy) is 1. The molecule has 0 spiro atoms. The quantitative estimate of drug-likeness (QED) is 0.459. The number of cyclic esters (lactones) is 1. The second kappa shape index (κ2) is 7.50. The zero-order chi connectivity index (χ0) is 22.3. The molecule has 4 aromatic rings. The fourth-order valence-electron chi connectivity index (χ4n) is 4.18. The SMILES string of the molecule is CNC(=O)c1ccccc1NC1(c2ccc3ccccc3c2)OC(=O)c2cccc(F)c21. The molecule has 5 nitrogen and oxygen atoms in total. The summed E-state index contributed by atoms with van der Waals surface area (Å²) in [6.45, 7) is 0. The van der Waals surface area contributed by atoms with Crippen LogP contribution in [-0.4, -0.2) is 18.9 Å². The van der Waals surface area contributed by atoms with Crippen LogP contribution in [0.3, 0.4) is 0 Å². The highest BCUT2D eigenvalue weighted by molar-refractivity contribution is 6.01. The Morgan fingerprint density at radius 2 is 1.66 bits per heavy atom. The van der Waals surface area contributed by atoms with E-state index in [1.54, 1.807) is 30.3 Å². The van der Waals surface area contributed by atoms with Crippen molar-refractivity contribution in [3.05, 3.63) is 113 Å². The van der Waals surface area contributed by atoms with E-state index in [0.29, 0.717) is 16.8 Å². The van der Waals surface area contributed by atoms with Crippen LogP contribution in [0.1, 0.15) is 31.8 Å². The van der Waals surface area contributed by atoms with E-state index in [9.17, 15) is 9.59 Å². The van der Waals surface area contributed by atoms with Gasteiger partial charge in [-0.15, -0.1) is 0 Å². The molecule has 4 aromatic carbocycles. The number of halogens is 1. The fraction of sp³-hybridized carbons (Fsp3) is 0.0769. The highest BCUT2D eigenvalue weighted by Gasteiger charge is 2.50. The van der Waals surface area contributed by atoms with Gasteiger partial charge in [-0.1, -0.05) is 54.6 Å². The van der Waals surface area contributed by atoms with Crippen LogP contribution in [0.4, 0.5) is 10.1 Å². The second-order valence-corrected chi connectivity index (χ2v) is 7.54. The third kappa shape index (κ3) is 3.00. The molecule has 1 aliphatic rings. The van der Waals surface area contributed by atoms with Gasteiger partial charge in [-0.05, 0) is 41.1 Å². The van der Waals surface area contributed by atoms with Gasteiger partial charge in [0.15, 0.2) is 0 Å². The fourth-order valence-corrected chi connectivity index (χ4v) is 4.18. The Bertz CT molecular complexity index is 1380. The molecule has 32 heavy (non-hydrogen) atoms. The van der Waals surface area contributed by atoms with Crippen molar-refractivity contribution in [1.29, 1.82) is 0 Å². The zero-order valence-electron chi connectivity index (χ0n) is 17.2. The second-order valence-electron chi connectivity index (χ2n) is 7.54. The maximum absolute atomic E-state index is 15.2. The summed E-state index contributed by atoms with van der Waals surface area (Å²) in [4.78, 5) is 25.3. The number of amides is 1. The van der Waals surface area contributed by atoms with Crippen LogP contribution in [0.15, 0.2) is 84.9 Å². The van der Waals surface area contributed by atoms with E-state index in [0.717, 1.165) is 10.8 Å². The summed E-state index contributed by atoms with van der Waals surface area (Å²) in [5.41, 5.74) is -0.124. The lowest BCUT2D eigenvalue weighted by Crippen LogP contribution is -2.38. The minimum atomic E-state index is -1.65. The van der Waals surface area contributed by atoms with Gasteiger partial charge < -0.3 is 15.4 Å². The summed E-state index contributed by atoms with van der Waals surface area (Å²) in [6.07, 6.45) is 0. The molecule has 0 radical (unpaired) electrons. The molecule has 1 heterocycles. The Labute approximate surface area is 183 Å². The minimum Gasteiger partial charge on any atom is -0.426 e. The van der Waals surface area contributed by atoms with Crippen LogP contribution in [-0.2, 0) is 10.5 Å². The van der Waals surface area contributed by atoms with E-state index in [-0.39, 0.29) is 17.0 Å². The monoisotopic (exact) mass is 426 g/mol. The molecule has 158 valence electrons. The highest BCUT2D eigenvalue weighted by atomic mass is 19.1. The molecule has 0 fully saturated rings. The number of hydrogen-bond acceptors (Lipinski definition) is 4. The smallest absolute Gasteiger partial charge is 0.341 e. The van der Waals surface area contributed by atoms with Crippen LogP contribution in [0.25, 0.3) is 10.8 Å². The molecule has 1 aliphatic heterocycles. The number of rotatable bonds is 4. The van der Waals surface area contributed by atoms with Gasteiger partial charge in [0, 0.05) is 12.6 Å². The van der Waals surface area contributed by atoms with Crippen molar-refractivity contribution < 1.29 is 18.7 Å². The van der Waals surface area contributed by atoms with E-state index in [1.807, 2.05) is 36.4 Å². The summed E-state index contributed by atoms with van der Waals surface area (Å²) in [7, 11) is 1.53. The van der Waals surface area contributed by atoms with Gasteiger partial charge in [-0.3, -0.25) is 4.79 Å². The van der Waals surface area contributed by atoms with Crippen molar-refractivity contribution in [1.82, 2.24) is 5.32 Å². The van der Waals surface area contributed by atoms with Crippen LogP contribution in [0.5, 0.6) is 0 Å². The Kier molecular flexibility index (Phi) is 4.63. The Balaban J connectivity index is 1.77. The van der Waals surface area contributed by atoms with Crippen molar-refractivity contribution in [3.63, 3.8) is 0 Å². The van der Waals surface area contributed by atoms with E-state index in [1.165, 1.54) is 25.2 Å². The van der Waals surface area contributed by atoms with Crippen molar-refractivity contribution in [2.75, 3.05) is 12.4 Å². The van der Waals surface area contributed by atoms with Gasteiger partial charge in [0.25, 0.3) is 5.91 Å². The Morgan fingerprint density at radius 1 is 0.906 bits per heavy atom. The summed E-state index contributed by atoms with van der Waals surface area (Å²) >= 11 is 0. The average molecular weight is 426 g/mol. The lowest BCUT2D eigenvalue weighted by molar-refractivity contribution is 0.0206. The maximum Gasteiger partial charge on any atom is 0.341 e. The van der Waals surface area contributed by atoms with Gasteiger partial charge in [0.2, 0.25) is 5.72 Å². The van der Waals surface area contributed by atoms with E-state index in [4.69, 9.17) is 4.74 Å². The number of fused-ring (bicyclic) bond motifs is 2. The summed E-state index contributed by atoms with van der Waals surface area (Å²) in [5.74, 6) is -1.54. The number of carbonyl (C=O) groups excluding carboxylic acids is 2. The summed E-state index contributed by atoms with van der Waals surface area (Å²) in [6, 6.07) is 24.4. The first-order chi connectivity index (χ1) is 15.5. The topological polar surface area (TPSA) is 67.4 Å². The molecule has 1 amide bonds. The Hall–Kier alpha value is -4.19. The standard InChI is InChI=1S/C26H19FN2O3/c1-28-24(30)19-9-4-5-12-22(19)29-26(18-14-13-16-7-2-3-8-17(16)15-18)23-20(25(31)32-26)10-6-11-21(23)27/h2-15,29H,1H3,(H,28,30). The molecule has 0 bridgehead atoms. The van der Waals surface area contributed by atoms with Crippen LogP contribution in [0, 0.1) is 5.82 Å². The highest BCUT2D eigenvalue weighted by Crippen LogP contribution is 2.44. The first-order valence-corrected chi connectivity index (χ1v) is 10.1. The van der Waals surface area contributed by atoms with Gasteiger partial charge in [0.1, 0.15) is 5.82 Å². The van der Waals surface area contributed by atoms with Gasteiger partial charge in [-0.2, -0.15) is 0 Å². The molecule has 0 saturated carbocycles. The third-order valence-corrected chi connectivity index (χ3v) is 5.70. The molecule has 5 rings (SSSR count). The first kappa shape index (κ1) is 19.8. The first-order valence-electron chi connectivity index (χ1n) is 10.1. The van der Waals surface area contributed by atoms with E-state index in [2.05, 4.69) is 10.6 Å². The van der Waals surface area contributed by atoms with Crippen molar-refractivity contribution >= 4 is 28.3 Å². The number of carbonyl (C=O) groups is 2. The molecular weight excluding hydrogens is 407 g/mol. The molecule has 6 heteroatoms. The molecule has 1 atom stereocenters. The van der Waals surface area contributed by atoms with Crippen molar-refractivity contribution in [3.8, 4) is 0 Å². The van der Waals surface area contributed by atoms with Gasteiger partial charge in [0.05, 0.1) is 22.4 Å². The molecule has 0 aromatic heterocycles. The van der Waals surface area contributed by atoms with E-state index >= 15 is 4.39 Å². The van der Waals surface area contributed by atoms with Gasteiger partial charge >= 0.3 is 5.97 Å². The summed E-state index contributed by atoms with van der Waals surface area (Å²) < 4.78 is 21.1.